The van der Waals surface area contributed by atoms with E-state index in [1.54, 1.807) is 0 Å². The summed E-state index contributed by atoms with van der Waals surface area (Å²) in [5.41, 5.74) is 0. The minimum absolute atomic E-state index is 0.0422. The van der Waals surface area contributed by atoms with Gasteiger partial charge >= 0.3 is 5.97 Å². The second-order valence-corrected chi connectivity index (χ2v) is 6.16. The molecule has 0 saturated carbocycles. The zero-order valence-electron chi connectivity index (χ0n) is 9.18. The maximum absolute atomic E-state index is 11.4. The van der Waals surface area contributed by atoms with Crippen molar-refractivity contribution in [1.82, 2.24) is 0 Å². The molecule has 0 aromatic heterocycles. The molecule has 0 spiro atoms. The van der Waals surface area contributed by atoms with E-state index in [-0.39, 0.29) is 25.4 Å². The average Bonchev–Trinajstić information content (AvgIpc) is 2.11. The quantitative estimate of drug-likeness (QED) is 0.510. The maximum Gasteiger partial charge on any atom is 0.306 e. The molecule has 0 aliphatic rings. The zero-order chi connectivity index (χ0) is 11.9. The fraction of sp³-hybridized carbons (Fsp3) is 0.889. The van der Waals surface area contributed by atoms with E-state index in [4.69, 9.17) is 5.11 Å². The van der Waals surface area contributed by atoms with Crippen LogP contribution in [0.25, 0.3) is 0 Å². The van der Waals surface area contributed by atoms with Gasteiger partial charge in [0.15, 0.2) is 0 Å². The Morgan fingerprint density at radius 1 is 1.47 bits per heavy atom. The van der Waals surface area contributed by atoms with Crippen LogP contribution in [0.2, 0.25) is 0 Å². The Hall–Kier alpha value is -0.380. The van der Waals surface area contributed by atoms with Crippen LogP contribution in [0.1, 0.15) is 26.7 Å². The predicted octanol–water partition coefficient (Wildman–Crippen LogP) is 0.981. The van der Waals surface area contributed by atoms with E-state index in [9.17, 15) is 14.3 Å². The van der Waals surface area contributed by atoms with Crippen LogP contribution < -0.4 is 0 Å². The molecule has 15 heavy (non-hydrogen) atoms. The smallest absolute Gasteiger partial charge is 0.306 e. The fourth-order valence-electron chi connectivity index (χ4n) is 1.01. The Kier molecular flexibility index (Phi) is 6.81. The third kappa shape index (κ3) is 8.60. The Morgan fingerprint density at radius 3 is 2.53 bits per heavy atom. The third-order valence-corrected chi connectivity index (χ3v) is 3.79. The van der Waals surface area contributed by atoms with Crippen LogP contribution in [0, 0.1) is 0 Å². The van der Waals surface area contributed by atoms with Gasteiger partial charge in [0.05, 0.1) is 12.5 Å². The molecule has 0 rings (SSSR count). The molecule has 5 nitrogen and oxygen atoms in total. The average molecular weight is 238 g/mol. The van der Waals surface area contributed by atoms with Crippen LogP contribution in [-0.2, 0) is 14.1 Å². The lowest BCUT2D eigenvalue weighted by Gasteiger charge is -2.10. The molecule has 0 aromatic rings. The minimum Gasteiger partial charge on any atom is -0.463 e. The van der Waals surface area contributed by atoms with E-state index in [0.29, 0.717) is 6.42 Å². The van der Waals surface area contributed by atoms with Crippen molar-refractivity contribution >= 4 is 13.3 Å². The molecule has 0 bridgehead atoms. The van der Waals surface area contributed by atoms with E-state index < -0.39 is 19.4 Å². The normalized spacial score (nSPS) is 16.8. The van der Waals surface area contributed by atoms with Crippen molar-refractivity contribution in [3.05, 3.63) is 0 Å². The lowest BCUT2D eigenvalue weighted by molar-refractivity contribution is -0.145. The van der Waals surface area contributed by atoms with Crippen molar-refractivity contribution < 1.29 is 24.1 Å². The second-order valence-electron chi connectivity index (χ2n) is 3.58. The molecule has 6 heteroatoms. The summed E-state index contributed by atoms with van der Waals surface area (Å²) in [6.07, 6.45) is 0.0400. The van der Waals surface area contributed by atoms with Gasteiger partial charge in [-0.05, 0) is 13.3 Å². The summed E-state index contributed by atoms with van der Waals surface area (Å²) in [6, 6.07) is 0. The molecule has 0 saturated heterocycles. The molecule has 2 atom stereocenters. The highest BCUT2D eigenvalue weighted by atomic mass is 31.2. The Labute approximate surface area is 89.9 Å². The summed E-state index contributed by atoms with van der Waals surface area (Å²) in [5, 5.41) is 8.83. The topological polar surface area (TPSA) is 83.8 Å². The monoisotopic (exact) mass is 238 g/mol. The molecule has 0 amide bonds. The molecule has 2 N–H and O–H groups in total. The Bertz CT molecular complexity index is 239. The van der Waals surface area contributed by atoms with Crippen molar-refractivity contribution in [2.45, 2.75) is 32.8 Å². The highest BCUT2D eigenvalue weighted by Gasteiger charge is 2.19. The number of carbonyl (C=O) groups is 1. The van der Waals surface area contributed by atoms with E-state index in [1.165, 1.54) is 6.92 Å². The summed E-state index contributed by atoms with van der Waals surface area (Å²) in [6.45, 7) is 3.25. The van der Waals surface area contributed by atoms with Gasteiger partial charge in [-0.15, -0.1) is 0 Å². The number of carbonyl (C=O) groups excluding carboxylic acids is 1. The van der Waals surface area contributed by atoms with E-state index in [1.807, 2.05) is 6.92 Å². The molecule has 0 aliphatic heterocycles. The Morgan fingerprint density at radius 2 is 2.07 bits per heavy atom. The number of hydrogen-bond donors (Lipinski definition) is 2. The Balaban J connectivity index is 3.75. The van der Waals surface area contributed by atoms with Gasteiger partial charge in [-0.1, -0.05) is 6.92 Å². The first kappa shape index (κ1) is 14.6. The van der Waals surface area contributed by atoms with Crippen LogP contribution in [0.3, 0.4) is 0 Å². The highest BCUT2D eigenvalue weighted by Crippen LogP contribution is 2.41. The van der Waals surface area contributed by atoms with Crippen molar-refractivity contribution in [2.24, 2.45) is 0 Å². The van der Waals surface area contributed by atoms with Crippen molar-refractivity contribution in [3.8, 4) is 0 Å². The van der Waals surface area contributed by atoms with Gasteiger partial charge in [0, 0.05) is 12.3 Å². The number of esters is 1. The molecule has 0 radical (unpaired) electrons. The molecule has 0 heterocycles. The van der Waals surface area contributed by atoms with Gasteiger partial charge in [-0.3, -0.25) is 9.36 Å². The number of rotatable bonds is 7. The number of aliphatic hydroxyl groups is 1. The minimum atomic E-state index is -3.16. The van der Waals surface area contributed by atoms with Crippen LogP contribution in [0.15, 0.2) is 0 Å². The van der Waals surface area contributed by atoms with Crippen LogP contribution in [0.4, 0.5) is 0 Å². The van der Waals surface area contributed by atoms with Crippen LogP contribution >= 0.6 is 7.37 Å². The molecule has 2 unspecified atom stereocenters. The third-order valence-electron chi connectivity index (χ3n) is 1.72. The van der Waals surface area contributed by atoms with Crippen molar-refractivity contribution in [3.63, 3.8) is 0 Å². The lowest BCUT2D eigenvalue weighted by Crippen LogP contribution is -2.16. The van der Waals surface area contributed by atoms with Crippen LogP contribution in [-0.4, -0.2) is 41.0 Å². The second kappa shape index (κ2) is 6.99. The van der Waals surface area contributed by atoms with E-state index in [2.05, 4.69) is 4.74 Å². The van der Waals surface area contributed by atoms with Crippen molar-refractivity contribution in [2.75, 3.05) is 18.9 Å². The SMILES string of the molecule is CCCP(=O)(O)CCC(=O)OCC(C)O. The fourth-order valence-corrected chi connectivity index (χ4v) is 2.47. The first-order valence-electron chi connectivity index (χ1n) is 5.02. The molecule has 90 valence electrons. The molecular formula is C9H19O5P. The summed E-state index contributed by atoms with van der Waals surface area (Å²) in [7, 11) is -3.16. The van der Waals surface area contributed by atoms with Crippen LogP contribution in [0.5, 0.6) is 0 Å². The summed E-state index contributed by atoms with van der Waals surface area (Å²) < 4.78 is 16.0. The predicted molar refractivity (Wildman–Crippen MR) is 57.1 cm³/mol. The highest BCUT2D eigenvalue weighted by molar-refractivity contribution is 7.58. The molecule has 0 aromatic carbocycles. The van der Waals surface area contributed by atoms with Gasteiger partial charge in [0.1, 0.15) is 6.61 Å². The number of hydrogen-bond acceptors (Lipinski definition) is 4. The first-order chi connectivity index (χ1) is 6.87. The standard InChI is InChI=1S/C9H19O5P/c1-3-5-15(12,13)6-4-9(11)14-7-8(2)10/h8,10H,3-7H2,1-2H3,(H,12,13). The lowest BCUT2D eigenvalue weighted by atomic mass is 10.4. The summed E-state index contributed by atoms with van der Waals surface area (Å²) in [5.74, 6) is -0.540. The van der Waals surface area contributed by atoms with Gasteiger partial charge in [-0.25, -0.2) is 0 Å². The van der Waals surface area contributed by atoms with E-state index >= 15 is 0 Å². The zero-order valence-corrected chi connectivity index (χ0v) is 10.1. The number of aliphatic hydroxyl groups excluding tert-OH is 1. The van der Waals surface area contributed by atoms with Gasteiger partial charge in [-0.2, -0.15) is 0 Å². The molecule has 0 aliphatic carbocycles. The van der Waals surface area contributed by atoms with Gasteiger partial charge in [0.2, 0.25) is 7.37 Å². The van der Waals surface area contributed by atoms with Gasteiger partial charge < -0.3 is 14.7 Å². The molecular weight excluding hydrogens is 219 g/mol. The van der Waals surface area contributed by atoms with Gasteiger partial charge in [0.25, 0.3) is 0 Å². The summed E-state index contributed by atoms with van der Waals surface area (Å²) >= 11 is 0. The number of ether oxygens (including phenoxy) is 1. The molecule has 0 fully saturated rings. The maximum atomic E-state index is 11.4. The largest absolute Gasteiger partial charge is 0.463 e. The van der Waals surface area contributed by atoms with E-state index in [0.717, 1.165) is 0 Å². The summed E-state index contributed by atoms with van der Waals surface area (Å²) in [4.78, 5) is 20.4. The first-order valence-corrected chi connectivity index (χ1v) is 7.05. The van der Waals surface area contributed by atoms with Crippen molar-refractivity contribution in [1.29, 1.82) is 0 Å².